The van der Waals surface area contributed by atoms with Gasteiger partial charge in [-0.05, 0) is 41.2 Å². The molecule has 0 amide bonds. The summed E-state index contributed by atoms with van der Waals surface area (Å²) in [5, 5.41) is 8.61. The van der Waals surface area contributed by atoms with Crippen molar-refractivity contribution in [2.75, 3.05) is 0 Å². The van der Waals surface area contributed by atoms with E-state index in [1.807, 2.05) is 6.07 Å². The lowest BCUT2D eigenvalue weighted by atomic mass is 9.94. The van der Waals surface area contributed by atoms with Crippen LogP contribution in [0.2, 0.25) is 0 Å². The van der Waals surface area contributed by atoms with E-state index in [-0.39, 0.29) is 6.61 Å². The fourth-order valence-electron chi connectivity index (χ4n) is 3.56. The monoisotopic (exact) mass is 305 g/mol. The maximum Gasteiger partial charge on any atom is 0.122 e. The van der Waals surface area contributed by atoms with E-state index in [1.165, 1.54) is 27.9 Å². The van der Waals surface area contributed by atoms with Crippen molar-refractivity contribution in [2.24, 2.45) is 0 Å². The number of hydrogen-bond acceptors (Lipinski definition) is 2. The lowest BCUT2D eigenvalue weighted by Gasteiger charge is -2.12. The van der Waals surface area contributed by atoms with Gasteiger partial charge in [0, 0.05) is 17.3 Å². The Hall–Kier alpha value is -2.36. The minimum atomic E-state index is 0.215. The summed E-state index contributed by atoms with van der Waals surface area (Å²) in [7, 11) is 0. The van der Waals surface area contributed by atoms with Crippen LogP contribution in [0.5, 0.6) is 0 Å². The fourth-order valence-corrected chi connectivity index (χ4v) is 3.56. The van der Waals surface area contributed by atoms with E-state index in [1.54, 1.807) is 0 Å². The molecular formula is C20H19NO2. The summed E-state index contributed by atoms with van der Waals surface area (Å²) in [6.45, 7) is 0.215. The fraction of sp³-hybridized carbons (Fsp3) is 0.200. The van der Waals surface area contributed by atoms with Crippen LogP contribution in [0, 0.1) is 0 Å². The molecule has 4 rings (SSSR count). The van der Waals surface area contributed by atoms with Gasteiger partial charge in [-0.3, -0.25) is 5.26 Å². The number of H-pyrrole nitrogens is 1. The Morgan fingerprint density at radius 1 is 1.00 bits per heavy atom. The Morgan fingerprint density at radius 3 is 2.48 bits per heavy atom. The van der Waals surface area contributed by atoms with Gasteiger partial charge >= 0.3 is 0 Å². The molecule has 0 bridgehead atoms. The molecule has 3 aromatic rings. The Balaban J connectivity index is 1.61. The summed E-state index contributed by atoms with van der Waals surface area (Å²) >= 11 is 0. The second-order valence-electron chi connectivity index (χ2n) is 6.09. The first kappa shape index (κ1) is 14.2. The van der Waals surface area contributed by atoms with Gasteiger partial charge in [0.05, 0.1) is 0 Å². The first-order valence-electron chi connectivity index (χ1n) is 7.97. The van der Waals surface area contributed by atoms with Gasteiger partial charge in [-0.25, -0.2) is 4.89 Å². The Bertz CT molecular complexity index is 790. The van der Waals surface area contributed by atoms with Crippen molar-refractivity contribution in [3.8, 4) is 11.1 Å². The molecule has 116 valence electrons. The van der Waals surface area contributed by atoms with Crippen molar-refractivity contribution >= 4 is 0 Å². The van der Waals surface area contributed by atoms with E-state index >= 15 is 0 Å². The first-order valence-corrected chi connectivity index (χ1v) is 7.97. The van der Waals surface area contributed by atoms with Gasteiger partial charge in [-0.15, -0.1) is 0 Å². The number of aromatic nitrogens is 1. The molecule has 0 spiro atoms. The highest BCUT2D eigenvalue weighted by Gasteiger charge is 2.26. The summed E-state index contributed by atoms with van der Waals surface area (Å²) in [5.74, 6) is 0.405. The van der Waals surface area contributed by atoms with Crippen LogP contribution < -0.4 is 0 Å². The van der Waals surface area contributed by atoms with Crippen LogP contribution in [-0.2, 0) is 17.9 Å². The molecule has 1 aromatic heterocycles. The van der Waals surface area contributed by atoms with Crippen molar-refractivity contribution in [3.05, 3.63) is 83.2 Å². The number of rotatable bonds is 4. The SMILES string of the molecule is OOCc1cc2c([nH]1)C(c1ccc(-c3ccccc3)cc1)CC2. The van der Waals surface area contributed by atoms with Crippen LogP contribution in [0.4, 0.5) is 0 Å². The third-order valence-electron chi connectivity index (χ3n) is 4.68. The van der Waals surface area contributed by atoms with Gasteiger partial charge in [0.25, 0.3) is 0 Å². The van der Waals surface area contributed by atoms with Gasteiger partial charge in [0.15, 0.2) is 0 Å². The number of aryl methyl sites for hydroxylation is 1. The van der Waals surface area contributed by atoms with Crippen LogP contribution in [0.3, 0.4) is 0 Å². The molecular weight excluding hydrogens is 286 g/mol. The summed E-state index contributed by atoms with van der Waals surface area (Å²) in [6.07, 6.45) is 2.20. The van der Waals surface area contributed by atoms with Crippen molar-refractivity contribution in [1.82, 2.24) is 4.98 Å². The van der Waals surface area contributed by atoms with Gasteiger partial charge < -0.3 is 4.98 Å². The lowest BCUT2D eigenvalue weighted by molar-refractivity contribution is -0.253. The third-order valence-corrected chi connectivity index (χ3v) is 4.68. The zero-order valence-corrected chi connectivity index (χ0v) is 12.8. The van der Waals surface area contributed by atoms with Gasteiger partial charge in [-0.2, -0.15) is 0 Å². The zero-order valence-electron chi connectivity index (χ0n) is 12.8. The van der Waals surface area contributed by atoms with E-state index in [2.05, 4.69) is 64.5 Å². The summed E-state index contributed by atoms with van der Waals surface area (Å²) in [4.78, 5) is 7.64. The summed E-state index contributed by atoms with van der Waals surface area (Å²) in [5.41, 5.74) is 7.37. The van der Waals surface area contributed by atoms with Gasteiger partial charge in [-0.1, -0.05) is 54.6 Å². The minimum Gasteiger partial charge on any atom is -0.360 e. The predicted octanol–water partition coefficient (Wildman–Crippen LogP) is 4.75. The van der Waals surface area contributed by atoms with E-state index in [0.29, 0.717) is 5.92 Å². The quantitative estimate of drug-likeness (QED) is 0.539. The molecule has 3 heteroatoms. The number of aromatic amines is 1. The molecule has 1 aliphatic carbocycles. The molecule has 0 aliphatic heterocycles. The number of hydrogen-bond donors (Lipinski definition) is 2. The molecule has 0 saturated carbocycles. The molecule has 1 aliphatic rings. The Kier molecular flexibility index (Phi) is 3.74. The van der Waals surface area contributed by atoms with Crippen LogP contribution in [0.15, 0.2) is 60.7 Å². The van der Waals surface area contributed by atoms with E-state index in [4.69, 9.17) is 5.26 Å². The number of fused-ring (bicyclic) bond motifs is 1. The highest BCUT2D eigenvalue weighted by molar-refractivity contribution is 5.63. The van der Waals surface area contributed by atoms with Crippen LogP contribution in [0.25, 0.3) is 11.1 Å². The van der Waals surface area contributed by atoms with E-state index < -0.39 is 0 Å². The molecule has 2 N–H and O–H groups in total. The molecule has 1 unspecified atom stereocenters. The molecule has 0 saturated heterocycles. The predicted molar refractivity (Wildman–Crippen MR) is 90.3 cm³/mol. The maximum atomic E-state index is 8.61. The van der Waals surface area contributed by atoms with Crippen molar-refractivity contribution in [3.63, 3.8) is 0 Å². The normalized spacial score (nSPS) is 16.5. The Morgan fingerprint density at radius 2 is 1.74 bits per heavy atom. The molecule has 0 radical (unpaired) electrons. The maximum absolute atomic E-state index is 8.61. The van der Waals surface area contributed by atoms with Crippen molar-refractivity contribution in [1.29, 1.82) is 0 Å². The molecule has 0 fully saturated rings. The third kappa shape index (κ3) is 2.69. The van der Waals surface area contributed by atoms with Crippen molar-refractivity contribution in [2.45, 2.75) is 25.4 Å². The smallest absolute Gasteiger partial charge is 0.122 e. The average molecular weight is 305 g/mol. The standard InChI is InChI=1S/C20H19NO2/c22-23-13-18-12-17-10-11-19(20(17)21-18)16-8-6-15(7-9-16)14-4-2-1-3-5-14/h1-9,12,19,21-22H,10-11,13H2. The lowest BCUT2D eigenvalue weighted by Crippen LogP contribution is -1.98. The summed E-state index contributed by atoms with van der Waals surface area (Å²) < 4.78 is 0. The molecule has 1 atom stereocenters. The van der Waals surface area contributed by atoms with Gasteiger partial charge in [0.2, 0.25) is 0 Å². The van der Waals surface area contributed by atoms with Gasteiger partial charge in [0.1, 0.15) is 6.61 Å². The van der Waals surface area contributed by atoms with Crippen LogP contribution >= 0.6 is 0 Å². The number of benzene rings is 2. The zero-order chi connectivity index (χ0) is 15.6. The molecule has 2 aromatic carbocycles. The molecule has 1 heterocycles. The highest BCUT2D eigenvalue weighted by atomic mass is 17.1. The minimum absolute atomic E-state index is 0.215. The summed E-state index contributed by atoms with van der Waals surface area (Å²) in [6, 6.07) is 21.4. The van der Waals surface area contributed by atoms with E-state index in [0.717, 1.165) is 18.5 Å². The van der Waals surface area contributed by atoms with Crippen molar-refractivity contribution < 1.29 is 10.1 Å². The second-order valence-corrected chi connectivity index (χ2v) is 6.09. The van der Waals surface area contributed by atoms with Crippen LogP contribution in [-0.4, -0.2) is 10.2 Å². The topological polar surface area (TPSA) is 45.2 Å². The molecule has 3 nitrogen and oxygen atoms in total. The largest absolute Gasteiger partial charge is 0.360 e. The highest BCUT2D eigenvalue weighted by Crippen LogP contribution is 2.38. The average Bonchev–Trinajstić information content (AvgIpc) is 3.16. The Labute approximate surface area is 135 Å². The second kappa shape index (κ2) is 6.03. The van der Waals surface area contributed by atoms with Crippen LogP contribution in [0.1, 0.15) is 34.9 Å². The van der Waals surface area contributed by atoms with E-state index in [9.17, 15) is 0 Å². The molecule has 23 heavy (non-hydrogen) atoms. The number of nitrogens with one attached hydrogen (secondary N) is 1. The first-order chi connectivity index (χ1) is 11.3.